The van der Waals surface area contributed by atoms with Gasteiger partial charge in [-0.2, -0.15) is 0 Å². The summed E-state index contributed by atoms with van der Waals surface area (Å²) in [4.78, 5) is 23.5. The largest absolute Gasteiger partial charge is 0.457 e. The summed E-state index contributed by atoms with van der Waals surface area (Å²) < 4.78 is 15.3. The molecule has 102 valence electrons. The molecule has 1 aromatic carbocycles. The van der Waals surface area contributed by atoms with Crippen molar-refractivity contribution in [2.45, 2.75) is 20.8 Å². The fourth-order valence-corrected chi connectivity index (χ4v) is 1.50. The van der Waals surface area contributed by atoms with Gasteiger partial charge in [0.2, 0.25) is 6.79 Å². The lowest BCUT2D eigenvalue weighted by molar-refractivity contribution is -0.151. The third-order valence-electron chi connectivity index (χ3n) is 2.64. The molecule has 0 N–H and O–H groups in total. The summed E-state index contributed by atoms with van der Waals surface area (Å²) in [6.45, 7) is 5.10. The SMILES string of the molecule is CC(C)(C)C(=O)OCC(=O)c1ccc2c(c1)OCO2. The van der Waals surface area contributed by atoms with Gasteiger partial charge in [-0.25, -0.2) is 0 Å². The van der Waals surface area contributed by atoms with Gasteiger partial charge in [-0.1, -0.05) is 0 Å². The van der Waals surface area contributed by atoms with E-state index in [1.807, 2.05) is 0 Å². The summed E-state index contributed by atoms with van der Waals surface area (Å²) in [5.41, 5.74) is -0.180. The number of hydrogen-bond donors (Lipinski definition) is 0. The number of carbonyl (C=O) groups is 2. The summed E-state index contributed by atoms with van der Waals surface area (Å²) in [7, 11) is 0. The molecule has 1 aliphatic heterocycles. The van der Waals surface area contributed by atoms with E-state index >= 15 is 0 Å². The average Bonchev–Trinajstić information content (AvgIpc) is 2.81. The Morgan fingerprint density at radius 3 is 2.58 bits per heavy atom. The molecule has 0 radical (unpaired) electrons. The first kappa shape index (κ1) is 13.4. The topological polar surface area (TPSA) is 61.8 Å². The van der Waals surface area contributed by atoms with Gasteiger partial charge in [0.1, 0.15) is 0 Å². The van der Waals surface area contributed by atoms with E-state index < -0.39 is 11.4 Å². The highest BCUT2D eigenvalue weighted by molar-refractivity contribution is 5.98. The first-order chi connectivity index (χ1) is 8.88. The molecule has 1 aromatic rings. The Morgan fingerprint density at radius 1 is 1.21 bits per heavy atom. The molecule has 0 amide bonds. The van der Waals surface area contributed by atoms with E-state index in [1.54, 1.807) is 39.0 Å². The molecule has 0 unspecified atom stereocenters. The third-order valence-corrected chi connectivity index (χ3v) is 2.64. The minimum absolute atomic E-state index is 0.159. The molecule has 0 aliphatic carbocycles. The summed E-state index contributed by atoms with van der Waals surface area (Å²) in [6, 6.07) is 4.89. The van der Waals surface area contributed by atoms with Crippen molar-refractivity contribution in [1.82, 2.24) is 0 Å². The van der Waals surface area contributed by atoms with E-state index in [2.05, 4.69) is 0 Å². The Morgan fingerprint density at radius 2 is 1.89 bits per heavy atom. The van der Waals surface area contributed by atoms with Crippen molar-refractivity contribution in [1.29, 1.82) is 0 Å². The molecule has 1 heterocycles. The molecule has 0 saturated carbocycles. The van der Waals surface area contributed by atoms with Crippen molar-refractivity contribution in [2.75, 3.05) is 13.4 Å². The van der Waals surface area contributed by atoms with Gasteiger partial charge in [-0.15, -0.1) is 0 Å². The van der Waals surface area contributed by atoms with Gasteiger partial charge in [-0.3, -0.25) is 9.59 Å². The van der Waals surface area contributed by atoms with Crippen LogP contribution in [0.2, 0.25) is 0 Å². The van der Waals surface area contributed by atoms with Gasteiger partial charge < -0.3 is 14.2 Å². The average molecular weight is 264 g/mol. The van der Waals surface area contributed by atoms with Crippen LogP contribution in [-0.4, -0.2) is 25.2 Å². The molecule has 0 spiro atoms. The lowest BCUT2D eigenvalue weighted by Gasteiger charge is -2.16. The van der Waals surface area contributed by atoms with Gasteiger partial charge in [-0.05, 0) is 39.0 Å². The van der Waals surface area contributed by atoms with Crippen molar-refractivity contribution in [2.24, 2.45) is 5.41 Å². The standard InChI is InChI=1S/C14H16O5/c1-14(2,3)13(16)17-7-10(15)9-4-5-11-12(6-9)19-8-18-11/h4-6H,7-8H2,1-3H3. The highest BCUT2D eigenvalue weighted by Crippen LogP contribution is 2.32. The highest BCUT2D eigenvalue weighted by atomic mass is 16.7. The summed E-state index contributed by atoms with van der Waals surface area (Å²) in [5.74, 6) is 0.480. The quantitative estimate of drug-likeness (QED) is 0.618. The maximum atomic E-state index is 11.9. The Balaban J connectivity index is 1.99. The predicted octanol–water partition coefficient (Wildman–Crippen LogP) is 2.19. The molecular weight excluding hydrogens is 248 g/mol. The van der Waals surface area contributed by atoms with Crippen molar-refractivity contribution in [3.8, 4) is 11.5 Å². The second-order valence-electron chi connectivity index (χ2n) is 5.32. The van der Waals surface area contributed by atoms with Gasteiger partial charge in [0.15, 0.2) is 23.9 Å². The molecule has 2 rings (SSSR count). The van der Waals surface area contributed by atoms with Crippen LogP contribution < -0.4 is 9.47 Å². The van der Waals surface area contributed by atoms with E-state index in [4.69, 9.17) is 14.2 Å². The Labute approximate surface area is 111 Å². The maximum absolute atomic E-state index is 11.9. The van der Waals surface area contributed by atoms with Crippen LogP contribution in [0.5, 0.6) is 11.5 Å². The summed E-state index contributed by atoms with van der Waals surface area (Å²) >= 11 is 0. The van der Waals surface area contributed by atoms with Crippen LogP contribution in [-0.2, 0) is 9.53 Å². The lowest BCUT2D eigenvalue weighted by Crippen LogP contribution is -2.25. The second-order valence-corrected chi connectivity index (χ2v) is 5.32. The number of ketones is 1. The fourth-order valence-electron chi connectivity index (χ4n) is 1.50. The summed E-state index contributed by atoms with van der Waals surface area (Å²) in [5, 5.41) is 0. The molecule has 0 bridgehead atoms. The predicted molar refractivity (Wildman–Crippen MR) is 67.3 cm³/mol. The zero-order valence-electron chi connectivity index (χ0n) is 11.2. The van der Waals surface area contributed by atoms with E-state index in [1.165, 1.54) is 0 Å². The van der Waals surface area contributed by atoms with Gasteiger partial charge in [0.05, 0.1) is 5.41 Å². The number of benzene rings is 1. The number of fused-ring (bicyclic) bond motifs is 1. The van der Waals surface area contributed by atoms with Crippen LogP contribution >= 0.6 is 0 Å². The number of carbonyl (C=O) groups excluding carboxylic acids is 2. The highest BCUT2D eigenvalue weighted by Gasteiger charge is 2.24. The van der Waals surface area contributed by atoms with Crippen LogP contribution in [0.3, 0.4) is 0 Å². The molecule has 5 nitrogen and oxygen atoms in total. The van der Waals surface area contributed by atoms with Crippen LogP contribution in [0.15, 0.2) is 18.2 Å². The fraction of sp³-hybridized carbons (Fsp3) is 0.429. The van der Waals surface area contributed by atoms with E-state index in [0.717, 1.165) is 0 Å². The van der Waals surface area contributed by atoms with Crippen LogP contribution in [0.1, 0.15) is 31.1 Å². The van der Waals surface area contributed by atoms with Crippen molar-refractivity contribution in [3.63, 3.8) is 0 Å². The number of Topliss-reactive ketones (excluding diaryl/α,β-unsaturated/α-hetero) is 1. The van der Waals surface area contributed by atoms with E-state index in [-0.39, 0.29) is 19.2 Å². The minimum Gasteiger partial charge on any atom is -0.457 e. The maximum Gasteiger partial charge on any atom is 0.311 e. The Kier molecular flexibility index (Phi) is 3.46. The van der Waals surface area contributed by atoms with Crippen molar-refractivity contribution < 1.29 is 23.8 Å². The first-order valence-corrected chi connectivity index (χ1v) is 5.98. The van der Waals surface area contributed by atoms with E-state index in [0.29, 0.717) is 17.1 Å². The van der Waals surface area contributed by atoms with Gasteiger partial charge in [0, 0.05) is 5.56 Å². The second kappa shape index (κ2) is 4.91. The first-order valence-electron chi connectivity index (χ1n) is 5.98. The van der Waals surface area contributed by atoms with Crippen LogP contribution in [0, 0.1) is 5.41 Å². The van der Waals surface area contributed by atoms with Gasteiger partial charge in [0.25, 0.3) is 0 Å². The molecule has 5 heteroatoms. The molecule has 0 aromatic heterocycles. The monoisotopic (exact) mass is 264 g/mol. The summed E-state index contributed by atoms with van der Waals surface area (Å²) in [6.07, 6.45) is 0. The molecular formula is C14H16O5. The van der Waals surface area contributed by atoms with Crippen LogP contribution in [0.25, 0.3) is 0 Å². The number of hydrogen-bond acceptors (Lipinski definition) is 5. The zero-order valence-corrected chi connectivity index (χ0v) is 11.2. The third kappa shape index (κ3) is 3.05. The number of rotatable bonds is 3. The van der Waals surface area contributed by atoms with Gasteiger partial charge >= 0.3 is 5.97 Å². The van der Waals surface area contributed by atoms with Crippen molar-refractivity contribution >= 4 is 11.8 Å². The Hall–Kier alpha value is -2.04. The lowest BCUT2D eigenvalue weighted by atomic mass is 9.97. The van der Waals surface area contributed by atoms with Crippen molar-refractivity contribution in [3.05, 3.63) is 23.8 Å². The smallest absolute Gasteiger partial charge is 0.311 e. The van der Waals surface area contributed by atoms with E-state index in [9.17, 15) is 9.59 Å². The molecule has 0 saturated heterocycles. The molecule has 19 heavy (non-hydrogen) atoms. The normalized spacial score (nSPS) is 13.2. The zero-order chi connectivity index (χ0) is 14.0. The van der Waals surface area contributed by atoms with Crippen LogP contribution in [0.4, 0.5) is 0 Å². The Bertz CT molecular complexity index is 513. The number of ether oxygens (including phenoxy) is 3. The molecule has 0 atom stereocenters. The molecule has 1 aliphatic rings. The molecule has 0 fully saturated rings. The minimum atomic E-state index is -0.616. The number of esters is 1.